The first-order valence-corrected chi connectivity index (χ1v) is 10.0. The Labute approximate surface area is 168 Å². The normalized spacial score (nSPS) is 19.8. The molecule has 3 atom stereocenters. The Bertz CT molecular complexity index is 758. The van der Waals surface area contributed by atoms with Crippen molar-refractivity contribution >= 4 is 6.09 Å². The number of nitrogens with zero attached hydrogens (tertiary/aromatic N) is 2. The van der Waals surface area contributed by atoms with Crippen LogP contribution in [0.1, 0.15) is 57.5 Å². The first-order valence-electron chi connectivity index (χ1n) is 10.0. The van der Waals surface area contributed by atoms with Crippen LogP contribution in [0.4, 0.5) is 4.79 Å². The average Bonchev–Trinajstić information content (AvgIpc) is 3.15. The SMILES string of the molecule is C[C@H](c1ccccc1)N1CC[C@@H](C(NC(=O)OC(C)(C)C)c2ccccn2)C1. The molecule has 1 aliphatic rings. The van der Waals surface area contributed by atoms with Crippen LogP contribution in [0.25, 0.3) is 0 Å². The van der Waals surface area contributed by atoms with Gasteiger partial charge in [-0.2, -0.15) is 0 Å². The van der Waals surface area contributed by atoms with Crippen LogP contribution in [0.15, 0.2) is 54.7 Å². The average molecular weight is 382 g/mol. The van der Waals surface area contributed by atoms with E-state index in [9.17, 15) is 4.79 Å². The van der Waals surface area contributed by atoms with Crippen molar-refractivity contribution < 1.29 is 9.53 Å². The molecule has 1 N–H and O–H groups in total. The van der Waals surface area contributed by atoms with Crippen molar-refractivity contribution in [2.24, 2.45) is 5.92 Å². The maximum absolute atomic E-state index is 12.5. The molecule has 1 unspecified atom stereocenters. The number of benzene rings is 1. The van der Waals surface area contributed by atoms with Crippen LogP contribution < -0.4 is 5.32 Å². The van der Waals surface area contributed by atoms with Gasteiger partial charge in [-0.3, -0.25) is 9.88 Å². The second kappa shape index (κ2) is 8.74. The second-order valence-electron chi connectivity index (χ2n) is 8.51. The summed E-state index contributed by atoms with van der Waals surface area (Å²) in [7, 11) is 0. The van der Waals surface area contributed by atoms with Crippen molar-refractivity contribution in [2.45, 2.75) is 51.8 Å². The smallest absolute Gasteiger partial charge is 0.408 e. The molecule has 5 heteroatoms. The van der Waals surface area contributed by atoms with Crippen LogP contribution in [0.5, 0.6) is 0 Å². The number of ether oxygens (including phenoxy) is 1. The number of pyridine rings is 1. The molecule has 1 saturated heterocycles. The van der Waals surface area contributed by atoms with E-state index in [1.54, 1.807) is 6.20 Å². The van der Waals surface area contributed by atoms with Crippen LogP contribution >= 0.6 is 0 Å². The van der Waals surface area contributed by atoms with Gasteiger partial charge in [0.25, 0.3) is 0 Å². The second-order valence-corrected chi connectivity index (χ2v) is 8.51. The highest BCUT2D eigenvalue weighted by atomic mass is 16.6. The molecule has 2 heterocycles. The first kappa shape index (κ1) is 20.3. The number of nitrogens with one attached hydrogen (secondary N) is 1. The highest BCUT2D eigenvalue weighted by molar-refractivity contribution is 5.68. The fraction of sp³-hybridized carbons (Fsp3) is 0.478. The number of alkyl carbamates (subject to hydrolysis) is 1. The molecule has 5 nitrogen and oxygen atoms in total. The molecular formula is C23H31N3O2. The van der Waals surface area contributed by atoms with Crippen molar-refractivity contribution in [1.29, 1.82) is 0 Å². The van der Waals surface area contributed by atoms with Gasteiger partial charge in [-0.1, -0.05) is 36.4 Å². The molecule has 1 amide bonds. The van der Waals surface area contributed by atoms with Gasteiger partial charge in [-0.15, -0.1) is 0 Å². The number of rotatable bonds is 5. The minimum absolute atomic E-state index is 0.163. The van der Waals surface area contributed by atoms with Gasteiger partial charge in [0.15, 0.2) is 0 Å². The summed E-state index contributed by atoms with van der Waals surface area (Å²) in [5, 5.41) is 3.08. The van der Waals surface area contributed by atoms with E-state index in [1.807, 2.05) is 45.0 Å². The lowest BCUT2D eigenvalue weighted by Gasteiger charge is -2.28. The largest absolute Gasteiger partial charge is 0.444 e. The lowest BCUT2D eigenvalue weighted by Crippen LogP contribution is -2.39. The topological polar surface area (TPSA) is 54.5 Å². The fourth-order valence-electron chi connectivity index (χ4n) is 3.81. The molecule has 0 radical (unpaired) electrons. The summed E-state index contributed by atoms with van der Waals surface area (Å²) in [6, 6.07) is 16.6. The van der Waals surface area contributed by atoms with Gasteiger partial charge < -0.3 is 10.1 Å². The summed E-state index contributed by atoms with van der Waals surface area (Å²) in [6.45, 7) is 9.78. The monoisotopic (exact) mass is 381 g/mol. The number of aromatic nitrogens is 1. The van der Waals surface area contributed by atoms with Crippen LogP contribution in [-0.4, -0.2) is 34.7 Å². The predicted octanol–water partition coefficient (Wildman–Crippen LogP) is 4.73. The summed E-state index contributed by atoms with van der Waals surface area (Å²) in [4.78, 5) is 19.5. The van der Waals surface area contributed by atoms with E-state index in [-0.39, 0.29) is 12.0 Å². The third kappa shape index (κ3) is 5.32. The first-order chi connectivity index (χ1) is 13.3. The Morgan fingerprint density at radius 2 is 1.89 bits per heavy atom. The Hall–Kier alpha value is -2.40. The molecule has 1 fully saturated rings. The molecule has 28 heavy (non-hydrogen) atoms. The van der Waals surface area contributed by atoms with Gasteiger partial charge in [0.2, 0.25) is 0 Å². The maximum atomic E-state index is 12.5. The molecule has 1 aromatic heterocycles. The number of hydrogen-bond acceptors (Lipinski definition) is 4. The van der Waals surface area contributed by atoms with Crippen molar-refractivity contribution in [3.63, 3.8) is 0 Å². The number of likely N-dealkylation sites (tertiary alicyclic amines) is 1. The van der Waals surface area contributed by atoms with E-state index in [1.165, 1.54) is 5.56 Å². The Morgan fingerprint density at radius 1 is 1.18 bits per heavy atom. The van der Waals surface area contributed by atoms with Crippen molar-refractivity contribution in [3.05, 3.63) is 66.0 Å². The van der Waals surface area contributed by atoms with Crippen LogP contribution in [0.2, 0.25) is 0 Å². The Kier molecular flexibility index (Phi) is 6.35. The molecule has 0 saturated carbocycles. The van der Waals surface area contributed by atoms with E-state index in [0.717, 1.165) is 25.2 Å². The van der Waals surface area contributed by atoms with Crippen molar-refractivity contribution in [1.82, 2.24) is 15.2 Å². The maximum Gasteiger partial charge on any atom is 0.408 e. The van der Waals surface area contributed by atoms with Crippen LogP contribution in [0.3, 0.4) is 0 Å². The number of carbonyl (C=O) groups is 1. The third-order valence-electron chi connectivity index (χ3n) is 5.24. The zero-order chi connectivity index (χ0) is 20.1. The molecule has 1 aliphatic heterocycles. The molecule has 3 rings (SSSR count). The Morgan fingerprint density at radius 3 is 2.54 bits per heavy atom. The van der Waals surface area contributed by atoms with Crippen molar-refractivity contribution in [3.8, 4) is 0 Å². The number of amides is 1. The number of hydrogen-bond donors (Lipinski definition) is 1. The summed E-state index contributed by atoms with van der Waals surface area (Å²) < 4.78 is 5.50. The van der Waals surface area contributed by atoms with E-state index in [4.69, 9.17) is 4.74 Å². The van der Waals surface area contributed by atoms with Gasteiger partial charge in [0.05, 0.1) is 11.7 Å². The Balaban J connectivity index is 1.73. The lowest BCUT2D eigenvalue weighted by atomic mass is 9.95. The minimum Gasteiger partial charge on any atom is -0.444 e. The summed E-state index contributed by atoms with van der Waals surface area (Å²) in [5.74, 6) is 0.286. The lowest BCUT2D eigenvalue weighted by molar-refractivity contribution is 0.0483. The molecular weight excluding hydrogens is 350 g/mol. The standard InChI is InChI=1S/C23H31N3O2/c1-17(18-10-6-5-7-11-18)26-15-13-19(16-26)21(20-12-8-9-14-24-20)25-22(27)28-23(2,3)4/h5-12,14,17,19,21H,13,15-16H2,1-4H3,(H,25,27)/t17-,19-,21?/m1/s1. The molecule has 2 aromatic rings. The minimum atomic E-state index is -0.526. The van der Waals surface area contributed by atoms with Gasteiger partial charge in [0, 0.05) is 18.8 Å². The zero-order valence-corrected chi connectivity index (χ0v) is 17.3. The molecule has 0 bridgehead atoms. The van der Waals surface area contributed by atoms with E-state index >= 15 is 0 Å². The summed E-state index contributed by atoms with van der Waals surface area (Å²) >= 11 is 0. The van der Waals surface area contributed by atoms with Crippen molar-refractivity contribution in [2.75, 3.05) is 13.1 Å². The number of carbonyl (C=O) groups excluding carboxylic acids is 1. The van der Waals surface area contributed by atoms with E-state index in [0.29, 0.717) is 6.04 Å². The van der Waals surface area contributed by atoms with E-state index < -0.39 is 11.7 Å². The van der Waals surface area contributed by atoms with Crippen LogP contribution in [0, 0.1) is 5.92 Å². The summed E-state index contributed by atoms with van der Waals surface area (Å²) in [6.07, 6.45) is 2.39. The quantitative estimate of drug-likeness (QED) is 0.813. The zero-order valence-electron chi connectivity index (χ0n) is 17.3. The van der Waals surface area contributed by atoms with Gasteiger partial charge in [0.1, 0.15) is 5.60 Å². The van der Waals surface area contributed by atoms with Gasteiger partial charge in [-0.25, -0.2) is 4.79 Å². The highest BCUT2D eigenvalue weighted by Crippen LogP contribution is 2.34. The highest BCUT2D eigenvalue weighted by Gasteiger charge is 2.35. The molecule has 0 aliphatic carbocycles. The van der Waals surface area contributed by atoms with E-state index in [2.05, 4.69) is 46.4 Å². The third-order valence-corrected chi connectivity index (χ3v) is 5.24. The van der Waals surface area contributed by atoms with Crippen LogP contribution in [-0.2, 0) is 4.74 Å². The predicted molar refractivity (Wildman–Crippen MR) is 111 cm³/mol. The molecule has 150 valence electrons. The van der Waals surface area contributed by atoms with Gasteiger partial charge >= 0.3 is 6.09 Å². The fourth-order valence-corrected chi connectivity index (χ4v) is 3.81. The molecule has 0 spiro atoms. The molecule has 1 aromatic carbocycles. The summed E-state index contributed by atoms with van der Waals surface area (Å²) in [5.41, 5.74) is 1.67. The van der Waals surface area contributed by atoms with Gasteiger partial charge in [-0.05, 0) is 64.3 Å².